The highest BCUT2D eigenvalue weighted by atomic mass is 16.5. The van der Waals surface area contributed by atoms with Crippen molar-refractivity contribution in [2.24, 2.45) is 0 Å². The maximum absolute atomic E-state index is 12.4. The Morgan fingerprint density at radius 1 is 0.897 bits per heavy atom. The molecule has 0 saturated carbocycles. The molecule has 148 valence electrons. The van der Waals surface area contributed by atoms with E-state index in [-0.39, 0.29) is 18.4 Å². The molecule has 0 aliphatic carbocycles. The molecule has 29 heavy (non-hydrogen) atoms. The van der Waals surface area contributed by atoms with Crippen molar-refractivity contribution in [1.82, 2.24) is 4.90 Å². The van der Waals surface area contributed by atoms with E-state index in [0.29, 0.717) is 18.0 Å². The molecule has 0 atom stereocenters. The maximum Gasteiger partial charge on any atom is 0.244 e. The first-order valence-electron chi connectivity index (χ1n) is 9.43. The van der Waals surface area contributed by atoms with Gasteiger partial charge in [-0.2, -0.15) is 0 Å². The molecule has 0 aromatic heterocycles. The molecule has 0 bridgehead atoms. The van der Waals surface area contributed by atoms with Crippen LogP contribution in [0.2, 0.25) is 0 Å². The number of carbonyl (C=O) groups is 2. The monoisotopic (exact) mass is 388 g/mol. The smallest absolute Gasteiger partial charge is 0.244 e. The van der Waals surface area contributed by atoms with E-state index in [1.165, 1.54) is 11.8 Å². The van der Waals surface area contributed by atoms with Gasteiger partial charge in [-0.25, -0.2) is 0 Å². The van der Waals surface area contributed by atoms with E-state index in [1.807, 2.05) is 61.5 Å². The highest BCUT2D eigenvalue weighted by Gasteiger charge is 2.14. The summed E-state index contributed by atoms with van der Waals surface area (Å²) in [7, 11) is 0. The third-order valence-electron chi connectivity index (χ3n) is 4.35. The molecule has 2 amide bonds. The molecule has 0 fully saturated rings. The summed E-state index contributed by atoms with van der Waals surface area (Å²) in [6, 6.07) is 24.5. The fraction of sp³-hybridized carbons (Fsp3) is 0.167. The van der Waals surface area contributed by atoms with Crippen molar-refractivity contribution in [3.05, 3.63) is 90.0 Å². The van der Waals surface area contributed by atoms with Crippen molar-refractivity contribution >= 4 is 17.5 Å². The van der Waals surface area contributed by atoms with E-state index in [0.717, 1.165) is 16.9 Å². The number of carbonyl (C=O) groups excluding carboxylic acids is 2. The van der Waals surface area contributed by atoms with Gasteiger partial charge in [0, 0.05) is 19.2 Å². The van der Waals surface area contributed by atoms with E-state index in [1.54, 1.807) is 24.3 Å². The number of hydrogen-bond donors (Lipinski definition) is 1. The standard InChI is InChI=1S/C24H24N2O3/c1-18-7-6-8-20(15-18)16-26(19(2)27)17-24(28)25-21-11-13-23(14-12-21)29-22-9-4-3-5-10-22/h3-15H,16-17H2,1-2H3,(H,25,28). The number of ether oxygens (including phenoxy) is 1. The Morgan fingerprint density at radius 3 is 2.24 bits per heavy atom. The zero-order valence-electron chi connectivity index (χ0n) is 16.6. The van der Waals surface area contributed by atoms with Gasteiger partial charge >= 0.3 is 0 Å². The largest absolute Gasteiger partial charge is 0.457 e. The summed E-state index contributed by atoms with van der Waals surface area (Å²) in [5.41, 5.74) is 2.76. The molecule has 5 heteroatoms. The summed E-state index contributed by atoms with van der Waals surface area (Å²) in [6.45, 7) is 3.86. The summed E-state index contributed by atoms with van der Waals surface area (Å²) in [4.78, 5) is 25.9. The normalized spacial score (nSPS) is 10.3. The molecule has 3 aromatic rings. The van der Waals surface area contributed by atoms with Crippen LogP contribution < -0.4 is 10.1 Å². The van der Waals surface area contributed by atoms with E-state index < -0.39 is 0 Å². The second kappa shape index (κ2) is 9.55. The average molecular weight is 388 g/mol. The van der Waals surface area contributed by atoms with Gasteiger partial charge in [-0.15, -0.1) is 0 Å². The number of para-hydroxylation sites is 1. The molecule has 0 aliphatic heterocycles. The topological polar surface area (TPSA) is 58.6 Å². The summed E-state index contributed by atoms with van der Waals surface area (Å²) in [6.07, 6.45) is 0. The minimum absolute atomic E-state index is 0.00839. The minimum Gasteiger partial charge on any atom is -0.457 e. The van der Waals surface area contributed by atoms with Crippen molar-refractivity contribution in [3.8, 4) is 11.5 Å². The Bertz CT molecular complexity index is 969. The number of benzene rings is 3. The van der Waals surface area contributed by atoms with Crippen LogP contribution in [0.5, 0.6) is 11.5 Å². The van der Waals surface area contributed by atoms with E-state index >= 15 is 0 Å². The Hall–Kier alpha value is -3.60. The van der Waals surface area contributed by atoms with Crippen molar-refractivity contribution < 1.29 is 14.3 Å². The lowest BCUT2D eigenvalue weighted by molar-refractivity contribution is -0.133. The SMILES string of the molecule is CC(=O)N(CC(=O)Nc1ccc(Oc2ccccc2)cc1)Cc1cccc(C)c1. The van der Waals surface area contributed by atoms with Crippen molar-refractivity contribution in [2.45, 2.75) is 20.4 Å². The first kappa shape index (κ1) is 20.1. The number of rotatable bonds is 7. The summed E-state index contributed by atoms with van der Waals surface area (Å²) in [5, 5.41) is 2.83. The Kier molecular flexibility index (Phi) is 6.63. The number of hydrogen-bond acceptors (Lipinski definition) is 3. The zero-order chi connectivity index (χ0) is 20.6. The molecule has 0 unspecified atom stereocenters. The Labute approximate surface area is 170 Å². The van der Waals surface area contributed by atoms with Gasteiger partial charge in [0.25, 0.3) is 0 Å². The van der Waals surface area contributed by atoms with Crippen LogP contribution in [0.15, 0.2) is 78.9 Å². The number of nitrogens with one attached hydrogen (secondary N) is 1. The molecule has 3 aromatic carbocycles. The molecular formula is C24H24N2O3. The Balaban J connectivity index is 1.57. The van der Waals surface area contributed by atoms with Crippen LogP contribution in [-0.4, -0.2) is 23.3 Å². The van der Waals surface area contributed by atoms with Gasteiger partial charge in [0.05, 0.1) is 0 Å². The first-order chi connectivity index (χ1) is 14.0. The zero-order valence-corrected chi connectivity index (χ0v) is 16.6. The maximum atomic E-state index is 12.4. The second-order valence-corrected chi connectivity index (χ2v) is 6.85. The lowest BCUT2D eigenvalue weighted by Crippen LogP contribution is -2.36. The van der Waals surface area contributed by atoms with Crippen LogP contribution >= 0.6 is 0 Å². The molecule has 0 spiro atoms. The minimum atomic E-state index is -0.246. The van der Waals surface area contributed by atoms with Crippen LogP contribution in [0.4, 0.5) is 5.69 Å². The molecular weight excluding hydrogens is 364 g/mol. The molecule has 5 nitrogen and oxygen atoms in total. The van der Waals surface area contributed by atoms with E-state index in [9.17, 15) is 9.59 Å². The molecule has 0 saturated heterocycles. The predicted molar refractivity (Wildman–Crippen MR) is 114 cm³/mol. The van der Waals surface area contributed by atoms with Gasteiger partial charge < -0.3 is 15.0 Å². The number of aryl methyl sites for hydroxylation is 1. The third-order valence-corrected chi connectivity index (χ3v) is 4.35. The van der Waals surface area contributed by atoms with E-state index in [4.69, 9.17) is 4.74 Å². The molecule has 0 aliphatic rings. The van der Waals surface area contributed by atoms with Gasteiger partial charge in [0.15, 0.2) is 0 Å². The fourth-order valence-electron chi connectivity index (χ4n) is 2.91. The van der Waals surface area contributed by atoms with Crippen molar-refractivity contribution in [2.75, 3.05) is 11.9 Å². The van der Waals surface area contributed by atoms with Gasteiger partial charge in [-0.1, -0.05) is 48.0 Å². The molecule has 0 radical (unpaired) electrons. The highest BCUT2D eigenvalue weighted by molar-refractivity contribution is 5.94. The summed E-state index contributed by atoms with van der Waals surface area (Å²) >= 11 is 0. The average Bonchev–Trinajstić information content (AvgIpc) is 2.70. The number of anilines is 1. The van der Waals surface area contributed by atoms with Crippen LogP contribution in [0.3, 0.4) is 0 Å². The quantitative estimate of drug-likeness (QED) is 0.634. The highest BCUT2D eigenvalue weighted by Crippen LogP contribution is 2.22. The van der Waals surface area contributed by atoms with Crippen LogP contribution in [-0.2, 0) is 16.1 Å². The van der Waals surface area contributed by atoms with Gasteiger partial charge in [-0.05, 0) is 48.9 Å². The van der Waals surface area contributed by atoms with Gasteiger partial charge in [-0.3, -0.25) is 9.59 Å². The van der Waals surface area contributed by atoms with Gasteiger partial charge in [0.2, 0.25) is 11.8 Å². The van der Waals surface area contributed by atoms with E-state index in [2.05, 4.69) is 5.32 Å². The molecule has 1 N–H and O–H groups in total. The first-order valence-corrected chi connectivity index (χ1v) is 9.43. The molecule has 3 rings (SSSR count). The number of amides is 2. The van der Waals surface area contributed by atoms with Crippen LogP contribution in [0.25, 0.3) is 0 Å². The summed E-state index contributed by atoms with van der Waals surface area (Å²) in [5.74, 6) is 1.04. The predicted octanol–water partition coefficient (Wildman–Crippen LogP) is 4.77. The lowest BCUT2D eigenvalue weighted by Gasteiger charge is -2.21. The van der Waals surface area contributed by atoms with Crippen LogP contribution in [0.1, 0.15) is 18.1 Å². The molecule has 0 heterocycles. The second-order valence-electron chi connectivity index (χ2n) is 6.85. The third kappa shape index (κ3) is 6.21. The fourth-order valence-corrected chi connectivity index (χ4v) is 2.91. The summed E-state index contributed by atoms with van der Waals surface area (Å²) < 4.78 is 5.74. The van der Waals surface area contributed by atoms with Gasteiger partial charge in [0.1, 0.15) is 18.0 Å². The lowest BCUT2D eigenvalue weighted by atomic mass is 10.1. The van der Waals surface area contributed by atoms with Crippen molar-refractivity contribution in [3.63, 3.8) is 0 Å². The van der Waals surface area contributed by atoms with Crippen molar-refractivity contribution in [1.29, 1.82) is 0 Å². The Morgan fingerprint density at radius 2 is 1.59 bits per heavy atom. The van der Waals surface area contributed by atoms with Crippen LogP contribution in [0, 0.1) is 6.92 Å². The number of nitrogens with zero attached hydrogens (tertiary/aromatic N) is 1.